The van der Waals surface area contributed by atoms with Gasteiger partial charge in [0, 0.05) is 16.3 Å². The summed E-state index contributed by atoms with van der Waals surface area (Å²) < 4.78 is 13.0. The summed E-state index contributed by atoms with van der Waals surface area (Å²) in [6.07, 6.45) is 2.07. The molecule has 0 fully saturated rings. The van der Waals surface area contributed by atoms with Gasteiger partial charge in [-0.25, -0.2) is 4.98 Å². The predicted molar refractivity (Wildman–Crippen MR) is 155 cm³/mol. The zero-order chi connectivity index (χ0) is 26.7. The largest absolute Gasteiger partial charge is 0.494 e. The first-order valence-electron chi connectivity index (χ1n) is 12.2. The van der Waals surface area contributed by atoms with Crippen molar-refractivity contribution >= 4 is 62.4 Å². The Hall–Kier alpha value is -3.27. The highest BCUT2D eigenvalue weighted by Gasteiger charge is 2.11. The Morgan fingerprint density at radius 2 is 1.68 bits per heavy atom. The third-order valence-corrected chi connectivity index (χ3v) is 7.76. The molecule has 0 aliphatic heterocycles. The molecule has 1 aromatic heterocycles. The maximum absolute atomic E-state index is 12.7. The van der Waals surface area contributed by atoms with Gasteiger partial charge in [-0.3, -0.25) is 9.59 Å². The number of unbranched alkanes of at least 4 members (excludes halogenated alkanes) is 1. The SMILES string of the molecule is CCCCOc1ccc(C(=O)Nc2ccc3nc(SCC(=O)NCCOc4ccc(Cl)cc4)sc3c2)cc1. The summed E-state index contributed by atoms with van der Waals surface area (Å²) in [5, 5.41) is 6.42. The van der Waals surface area contributed by atoms with Gasteiger partial charge in [0.15, 0.2) is 4.34 Å². The van der Waals surface area contributed by atoms with E-state index in [9.17, 15) is 9.59 Å². The Morgan fingerprint density at radius 1 is 0.974 bits per heavy atom. The van der Waals surface area contributed by atoms with Crippen molar-refractivity contribution in [2.24, 2.45) is 0 Å². The molecule has 198 valence electrons. The van der Waals surface area contributed by atoms with Gasteiger partial charge >= 0.3 is 0 Å². The van der Waals surface area contributed by atoms with Gasteiger partial charge in [-0.2, -0.15) is 0 Å². The molecule has 0 aliphatic rings. The third-order valence-electron chi connectivity index (χ3n) is 5.34. The number of carbonyl (C=O) groups excluding carboxylic acids is 2. The zero-order valence-corrected chi connectivity index (χ0v) is 23.3. The number of fused-ring (bicyclic) bond motifs is 1. The molecule has 0 atom stereocenters. The summed E-state index contributed by atoms with van der Waals surface area (Å²) in [7, 11) is 0. The molecular formula is C28H28ClN3O4S2. The lowest BCUT2D eigenvalue weighted by Crippen LogP contribution is -2.29. The number of carbonyl (C=O) groups is 2. The number of anilines is 1. The zero-order valence-electron chi connectivity index (χ0n) is 20.9. The smallest absolute Gasteiger partial charge is 0.255 e. The van der Waals surface area contributed by atoms with E-state index in [1.54, 1.807) is 36.4 Å². The maximum Gasteiger partial charge on any atom is 0.255 e. The van der Waals surface area contributed by atoms with Gasteiger partial charge in [-0.1, -0.05) is 36.7 Å². The number of halogens is 1. The first kappa shape index (κ1) is 27.8. The highest BCUT2D eigenvalue weighted by molar-refractivity contribution is 8.01. The van der Waals surface area contributed by atoms with Crippen molar-refractivity contribution in [2.45, 2.75) is 24.1 Å². The van der Waals surface area contributed by atoms with Crippen LogP contribution in [0.3, 0.4) is 0 Å². The second kappa shape index (κ2) is 14.0. The van der Waals surface area contributed by atoms with Crippen molar-refractivity contribution < 1.29 is 19.1 Å². The molecule has 0 bridgehead atoms. The highest BCUT2D eigenvalue weighted by Crippen LogP contribution is 2.31. The second-order valence-corrected chi connectivity index (χ2v) is 11.0. The van der Waals surface area contributed by atoms with Gasteiger partial charge in [-0.05, 0) is 73.2 Å². The van der Waals surface area contributed by atoms with Crippen molar-refractivity contribution in [1.82, 2.24) is 10.3 Å². The Morgan fingerprint density at radius 3 is 2.42 bits per heavy atom. The van der Waals surface area contributed by atoms with Crippen molar-refractivity contribution in [3.05, 3.63) is 77.3 Å². The molecule has 2 amide bonds. The maximum atomic E-state index is 12.7. The fourth-order valence-corrected chi connectivity index (χ4v) is 5.42. The van der Waals surface area contributed by atoms with Gasteiger partial charge in [0.05, 0.1) is 29.1 Å². The summed E-state index contributed by atoms with van der Waals surface area (Å²) >= 11 is 8.72. The van der Waals surface area contributed by atoms with Crippen LogP contribution in [0, 0.1) is 0 Å². The highest BCUT2D eigenvalue weighted by atomic mass is 35.5. The standard InChI is InChI=1S/C28H28ClN3O4S2/c1-2-3-15-35-22-9-4-19(5-10-22)27(34)31-21-8-13-24-25(17-21)38-28(32-24)37-18-26(33)30-14-16-36-23-11-6-20(29)7-12-23/h4-13,17H,2-3,14-16,18H2,1H3,(H,30,33)(H,31,34). The van der Waals surface area contributed by atoms with Crippen LogP contribution in [0.5, 0.6) is 11.5 Å². The first-order chi connectivity index (χ1) is 18.5. The summed E-state index contributed by atoms with van der Waals surface area (Å²) in [6.45, 7) is 3.55. The van der Waals surface area contributed by atoms with Crippen LogP contribution < -0.4 is 20.1 Å². The van der Waals surface area contributed by atoms with Crippen molar-refractivity contribution in [3.8, 4) is 11.5 Å². The third kappa shape index (κ3) is 8.37. The number of nitrogens with zero attached hydrogens (tertiary/aromatic N) is 1. The Bertz CT molecular complexity index is 1360. The van der Waals surface area contributed by atoms with Crippen LogP contribution in [0.2, 0.25) is 5.02 Å². The molecule has 0 spiro atoms. The van der Waals surface area contributed by atoms with E-state index in [1.807, 2.05) is 30.3 Å². The summed E-state index contributed by atoms with van der Waals surface area (Å²) in [6, 6.07) is 19.8. The summed E-state index contributed by atoms with van der Waals surface area (Å²) in [5.41, 5.74) is 2.06. The van der Waals surface area contributed by atoms with Crippen molar-refractivity contribution in [1.29, 1.82) is 0 Å². The lowest BCUT2D eigenvalue weighted by Gasteiger charge is -2.07. The molecule has 7 nitrogen and oxygen atoms in total. The van der Waals surface area contributed by atoms with E-state index in [0.29, 0.717) is 41.8 Å². The number of aromatic nitrogens is 1. The fourth-order valence-electron chi connectivity index (χ4n) is 3.35. The second-order valence-electron chi connectivity index (χ2n) is 8.28. The van der Waals surface area contributed by atoms with E-state index < -0.39 is 0 Å². The minimum Gasteiger partial charge on any atom is -0.494 e. The monoisotopic (exact) mass is 569 g/mol. The topological polar surface area (TPSA) is 89.5 Å². The van der Waals surface area contributed by atoms with Crippen LogP contribution in [0.4, 0.5) is 5.69 Å². The molecule has 4 rings (SSSR count). The van der Waals surface area contributed by atoms with E-state index in [1.165, 1.54) is 23.1 Å². The number of hydrogen-bond donors (Lipinski definition) is 2. The van der Waals surface area contributed by atoms with E-state index in [0.717, 1.165) is 33.1 Å². The molecule has 38 heavy (non-hydrogen) atoms. The minimum absolute atomic E-state index is 0.0938. The molecule has 3 aromatic carbocycles. The average molecular weight is 570 g/mol. The molecule has 0 unspecified atom stereocenters. The molecule has 0 saturated carbocycles. The summed E-state index contributed by atoms with van der Waals surface area (Å²) in [4.78, 5) is 29.5. The van der Waals surface area contributed by atoms with Crippen LogP contribution in [0.15, 0.2) is 71.1 Å². The molecule has 0 saturated heterocycles. The average Bonchev–Trinajstić information content (AvgIpc) is 3.34. The van der Waals surface area contributed by atoms with Crippen LogP contribution in [-0.4, -0.2) is 42.3 Å². The van der Waals surface area contributed by atoms with Crippen LogP contribution in [0.1, 0.15) is 30.1 Å². The van der Waals surface area contributed by atoms with E-state index in [-0.39, 0.29) is 17.6 Å². The molecule has 0 radical (unpaired) electrons. The van der Waals surface area contributed by atoms with E-state index in [2.05, 4.69) is 22.5 Å². The Labute approximate surface area is 234 Å². The van der Waals surface area contributed by atoms with Crippen LogP contribution in [0.25, 0.3) is 10.2 Å². The van der Waals surface area contributed by atoms with Crippen molar-refractivity contribution in [3.63, 3.8) is 0 Å². The lowest BCUT2D eigenvalue weighted by atomic mass is 10.2. The number of benzene rings is 3. The van der Waals surface area contributed by atoms with Gasteiger partial charge in [0.25, 0.3) is 5.91 Å². The summed E-state index contributed by atoms with van der Waals surface area (Å²) in [5.74, 6) is 1.42. The molecule has 1 heterocycles. The molecule has 4 aromatic rings. The Balaban J connectivity index is 1.23. The number of hydrogen-bond acceptors (Lipinski definition) is 7. The van der Waals surface area contributed by atoms with Gasteiger partial charge in [-0.15, -0.1) is 11.3 Å². The Kier molecular flexibility index (Phi) is 10.3. The normalized spacial score (nSPS) is 10.8. The number of thioether (sulfide) groups is 1. The number of thiazole rings is 1. The minimum atomic E-state index is -0.194. The number of ether oxygens (including phenoxy) is 2. The lowest BCUT2D eigenvalue weighted by molar-refractivity contribution is -0.118. The molecular weight excluding hydrogens is 542 g/mol. The quantitative estimate of drug-likeness (QED) is 0.138. The van der Waals surface area contributed by atoms with Gasteiger partial charge in [0.2, 0.25) is 5.91 Å². The van der Waals surface area contributed by atoms with Gasteiger partial charge in [0.1, 0.15) is 18.1 Å². The van der Waals surface area contributed by atoms with Crippen LogP contribution >= 0.6 is 34.7 Å². The van der Waals surface area contributed by atoms with Crippen molar-refractivity contribution in [2.75, 3.05) is 30.8 Å². The fraction of sp³-hybridized carbons (Fsp3) is 0.250. The number of nitrogens with one attached hydrogen (secondary N) is 2. The van der Waals surface area contributed by atoms with E-state index in [4.69, 9.17) is 21.1 Å². The first-order valence-corrected chi connectivity index (χ1v) is 14.4. The molecule has 2 N–H and O–H groups in total. The number of amides is 2. The number of rotatable bonds is 13. The van der Waals surface area contributed by atoms with E-state index >= 15 is 0 Å². The molecule has 0 aliphatic carbocycles. The molecule has 10 heteroatoms. The van der Waals surface area contributed by atoms with Crippen LogP contribution in [-0.2, 0) is 4.79 Å². The predicted octanol–water partition coefficient (Wildman–Crippen LogP) is 6.67. The van der Waals surface area contributed by atoms with Gasteiger partial charge < -0.3 is 20.1 Å².